The molecule has 0 heterocycles. The minimum absolute atomic E-state index is 0.0348. The van der Waals surface area contributed by atoms with Crippen LogP contribution in [-0.2, 0) is 5.67 Å². The van der Waals surface area contributed by atoms with Crippen molar-refractivity contribution in [1.82, 2.24) is 0 Å². The Kier molecular flexibility index (Phi) is 3.33. The Hall–Kier alpha value is -1.16. The summed E-state index contributed by atoms with van der Waals surface area (Å²) in [7, 11) is 1.38. The zero-order valence-electron chi connectivity index (χ0n) is 9.88. The van der Waals surface area contributed by atoms with Crippen molar-refractivity contribution in [3.8, 4) is 5.75 Å². The highest BCUT2D eigenvalue weighted by Crippen LogP contribution is 2.42. The molecule has 2 N–H and O–H groups in total. The van der Waals surface area contributed by atoms with Crippen molar-refractivity contribution >= 4 is 0 Å². The monoisotopic (exact) mass is 241 g/mol. The van der Waals surface area contributed by atoms with Crippen molar-refractivity contribution in [3.05, 3.63) is 29.6 Å². The van der Waals surface area contributed by atoms with Crippen molar-refractivity contribution in [2.75, 3.05) is 7.11 Å². The Bertz CT molecular complexity index is 400. The SMILES string of the molecule is COc1cccc(C2(F)CCC(N)CC2)c1F. The van der Waals surface area contributed by atoms with Crippen LogP contribution in [0.3, 0.4) is 0 Å². The Balaban J connectivity index is 2.33. The van der Waals surface area contributed by atoms with Gasteiger partial charge in [0.1, 0.15) is 5.67 Å². The van der Waals surface area contributed by atoms with Crippen LogP contribution < -0.4 is 10.5 Å². The number of halogens is 2. The van der Waals surface area contributed by atoms with Gasteiger partial charge in [0.2, 0.25) is 0 Å². The van der Waals surface area contributed by atoms with Crippen molar-refractivity contribution in [3.63, 3.8) is 0 Å². The largest absolute Gasteiger partial charge is 0.494 e. The fourth-order valence-corrected chi connectivity index (χ4v) is 2.38. The third kappa shape index (κ3) is 2.27. The van der Waals surface area contributed by atoms with Crippen molar-refractivity contribution < 1.29 is 13.5 Å². The van der Waals surface area contributed by atoms with Crippen LogP contribution in [0.1, 0.15) is 31.2 Å². The maximum Gasteiger partial charge on any atom is 0.171 e. The van der Waals surface area contributed by atoms with Gasteiger partial charge < -0.3 is 10.5 Å². The van der Waals surface area contributed by atoms with Crippen LogP contribution in [-0.4, -0.2) is 13.2 Å². The number of benzene rings is 1. The summed E-state index contributed by atoms with van der Waals surface area (Å²) in [5, 5.41) is 0. The molecular formula is C13H17F2NO. The molecule has 4 heteroatoms. The van der Waals surface area contributed by atoms with Gasteiger partial charge >= 0.3 is 0 Å². The van der Waals surface area contributed by atoms with Crippen LogP contribution >= 0.6 is 0 Å². The summed E-state index contributed by atoms with van der Waals surface area (Å²) >= 11 is 0. The third-order valence-electron chi connectivity index (χ3n) is 3.49. The quantitative estimate of drug-likeness (QED) is 0.864. The van der Waals surface area contributed by atoms with E-state index >= 15 is 0 Å². The van der Waals surface area contributed by atoms with E-state index in [4.69, 9.17) is 10.5 Å². The Morgan fingerprint density at radius 1 is 1.35 bits per heavy atom. The first-order valence-electron chi connectivity index (χ1n) is 5.84. The smallest absolute Gasteiger partial charge is 0.171 e. The Morgan fingerprint density at radius 3 is 2.59 bits per heavy atom. The van der Waals surface area contributed by atoms with Gasteiger partial charge in [0.25, 0.3) is 0 Å². The molecule has 94 valence electrons. The van der Waals surface area contributed by atoms with Crippen LogP contribution in [0, 0.1) is 5.82 Å². The number of ether oxygens (including phenoxy) is 1. The average molecular weight is 241 g/mol. The van der Waals surface area contributed by atoms with Gasteiger partial charge in [-0.25, -0.2) is 8.78 Å². The van der Waals surface area contributed by atoms with E-state index in [1.54, 1.807) is 6.07 Å². The van der Waals surface area contributed by atoms with Crippen LogP contribution in [0.2, 0.25) is 0 Å². The highest BCUT2D eigenvalue weighted by molar-refractivity contribution is 5.35. The molecule has 0 amide bonds. The molecule has 1 saturated carbocycles. The lowest BCUT2D eigenvalue weighted by molar-refractivity contribution is 0.0928. The molecule has 1 aliphatic carbocycles. The molecule has 2 nitrogen and oxygen atoms in total. The van der Waals surface area contributed by atoms with Crippen molar-refractivity contribution in [2.24, 2.45) is 5.73 Å². The van der Waals surface area contributed by atoms with E-state index in [0.717, 1.165) is 0 Å². The Morgan fingerprint density at radius 2 is 2.00 bits per heavy atom. The van der Waals surface area contributed by atoms with Gasteiger partial charge in [0, 0.05) is 11.6 Å². The first kappa shape index (κ1) is 12.3. The van der Waals surface area contributed by atoms with Crippen molar-refractivity contribution in [1.29, 1.82) is 0 Å². The fourth-order valence-electron chi connectivity index (χ4n) is 2.38. The lowest BCUT2D eigenvalue weighted by Crippen LogP contribution is -2.34. The first-order valence-corrected chi connectivity index (χ1v) is 5.84. The molecule has 0 unspecified atom stereocenters. The van der Waals surface area contributed by atoms with Gasteiger partial charge in [-0.05, 0) is 31.7 Å². The molecule has 17 heavy (non-hydrogen) atoms. The normalized spacial score (nSPS) is 29.1. The summed E-state index contributed by atoms with van der Waals surface area (Å²) in [6.45, 7) is 0. The Labute approximate surface area is 99.8 Å². The van der Waals surface area contributed by atoms with Gasteiger partial charge in [-0.1, -0.05) is 12.1 Å². The maximum absolute atomic E-state index is 14.7. The summed E-state index contributed by atoms with van der Waals surface area (Å²) in [6, 6.07) is 4.64. The van der Waals surface area contributed by atoms with E-state index in [2.05, 4.69) is 0 Å². The zero-order valence-corrected chi connectivity index (χ0v) is 9.88. The number of rotatable bonds is 2. The molecule has 1 fully saturated rings. The molecule has 0 aromatic heterocycles. The number of hydrogen-bond donors (Lipinski definition) is 1. The predicted molar refractivity (Wildman–Crippen MR) is 62.2 cm³/mol. The lowest BCUT2D eigenvalue weighted by Gasteiger charge is -2.33. The zero-order chi connectivity index (χ0) is 12.5. The lowest BCUT2D eigenvalue weighted by atomic mass is 9.79. The molecule has 0 aliphatic heterocycles. The van der Waals surface area contributed by atoms with Gasteiger partial charge in [-0.3, -0.25) is 0 Å². The summed E-state index contributed by atoms with van der Waals surface area (Å²) in [4.78, 5) is 0. The first-order chi connectivity index (χ1) is 8.07. The number of methoxy groups -OCH3 is 1. The van der Waals surface area contributed by atoms with E-state index in [-0.39, 0.29) is 30.2 Å². The molecule has 1 aromatic rings. The van der Waals surface area contributed by atoms with Gasteiger partial charge in [-0.2, -0.15) is 0 Å². The molecule has 0 bridgehead atoms. The van der Waals surface area contributed by atoms with Gasteiger partial charge in [0.15, 0.2) is 11.6 Å². The second-order valence-electron chi connectivity index (χ2n) is 4.62. The molecule has 1 aromatic carbocycles. The van der Waals surface area contributed by atoms with Crippen LogP contribution in [0.4, 0.5) is 8.78 Å². The maximum atomic E-state index is 14.7. The average Bonchev–Trinajstić information content (AvgIpc) is 2.33. The number of alkyl halides is 1. The fraction of sp³-hybridized carbons (Fsp3) is 0.538. The second kappa shape index (κ2) is 4.61. The van der Waals surface area contributed by atoms with E-state index in [1.165, 1.54) is 19.2 Å². The predicted octanol–water partition coefficient (Wildman–Crippen LogP) is 2.90. The highest BCUT2D eigenvalue weighted by Gasteiger charge is 2.38. The van der Waals surface area contributed by atoms with Gasteiger partial charge in [0.05, 0.1) is 7.11 Å². The van der Waals surface area contributed by atoms with E-state index in [9.17, 15) is 8.78 Å². The molecule has 2 rings (SSSR count). The number of hydrogen-bond acceptors (Lipinski definition) is 2. The van der Waals surface area contributed by atoms with Crippen LogP contribution in [0.25, 0.3) is 0 Å². The summed E-state index contributed by atoms with van der Waals surface area (Å²) in [5.41, 5.74) is 4.24. The third-order valence-corrected chi connectivity index (χ3v) is 3.49. The summed E-state index contributed by atoms with van der Waals surface area (Å²) in [6.07, 6.45) is 1.73. The minimum Gasteiger partial charge on any atom is -0.494 e. The summed E-state index contributed by atoms with van der Waals surface area (Å²) < 4.78 is 33.6. The topological polar surface area (TPSA) is 35.2 Å². The summed E-state index contributed by atoms with van der Waals surface area (Å²) in [5.74, 6) is -0.498. The highest BCUT2D eigenvalue weighted by atomic mass is 19.1. The van der Waals surface area contributed by atoms with E-state index in [0.29, 0.717) is 12.8 Å². The number of nitrogens with two attached hydrogens (primary N) is 1. The standard InChI is InChI=1S/C13H17F2NO/c1-17-11-4-2-3-10(12(11)14)13(15)7-5-9(16)6-8-13/h2-4,9H,5-8,16H2,1H3. The molecule has 0 atom stereocenters. The molecular weight excluding hydrogens is 224 g/mol. The molecule has 0 radical (unpaired) electrons. The van der Waals surface area contributed by atoms with Gasteiger partial charge in [-0.15, -0.1) is 0 Å². The second-order valence-corrected chi connectivity index (χ2v) is 4.62. The minimum atomic E-state index is -1.60. The van der Waals surface area contributed by atoms with Crippen LogP contribution in [0.5, 0.6) is 5.75 Å². The molecule has 1 aliphatic rings. The molecule has 0 spiro atoms. The molecule has 0 saturated heterocycles. The van der Waals surface area contributed by atoms with E-state index < -0.39 is 11.5 Å². The van der Waals surface area contributed by atoms with Crippen LogP contribution in [0.15, 0.2) is 18.2 Å². The van der Waals surface area contributed by atoms with E-state index in [1.807, 2.05) is 0 Å². The van der Waals surface area contributed by atoms with Crippen molar-refractivity contribution in [2.45, 2.75) is 37.4 Å².